The molecule has 1 heterocycles. The number of rotatable bonds is 6. The van der Waals surface area contributed by atoms with Gasteiger partial charge in [-0.1, -0.05) is 12.1 Å². The normalized spacial score (nSPS) is 12.1. The molecule has 100 valence electrons. The van der Waals surface area contributed by atoms with Crippen LogP contribution in [0.25, 0.3) is 0 Å². The molecule has 0 radical (unpaired) electrons. The highest BCUT2D eigenvalue weighted by atomic mass is 16.6. The van der Waals surface area contributed by atoms with E-state index >= 15 is 0 Å². The van der Waals surface area contributed by atoms with Gasteiger partial charge in [-0.05, 0) is 17.7 Å². The largest absolute Gasteiger partial charge is 0.484 e. The highest BCUT2D eigenvalue weighted by Gasteiger charge is 2.15. The van der Waals surface area contributed by atoms with Gasteiger partial charge in [-0.3, -0.25) is 10.1 Å². The van der Waals surface area contributed by atoms with Crippen LogP contribution >= 0.6 is 0 Å². The second-order valence-corrected chi connectivity index (χ2v) is 4.11. The van der Waals surface area contributed by atoms with Crippen molar-refractivity contribution in [1.82, 2.24) is 4.98 Å². The maximum absolute atomic E-state index is 10.8. The number of aliphatic hydroxyl groups excluding tert-OH is 1. The van der Waals surface area contributed by atoms with Crippen LogP contribution in [0.3, 0.4) is 0 Å². The van der Waals surface area contributed by atoms with Gasteiger partial charge < -0.3 is 14.8 Å². The average Bonchev–Trinajstić information content (AvgIpc) is 2.89. The zero-order valence-electron chi connectivity index (χ0n) is 10.2. The SMILES string of the molecule is O=[N+]([O-])c1ccccc1OCC(O)Cc1cc[nH]c1. The third-order valence-electron chi connectivity index (χ3n) is 2.63. The summed E-state index contributed by atoms with van der Waals surface area (Å²) < 4.78 is 5.31. The summed E-state index contributed by atoms with van der Waals surface area (Å²) >= 11 is 0. The Hall–Kier alpha value is -2.34. The maximum Gasteiger partial charge on any atom is 0.310 e. The van der Waals surface area contributed by atoms with Gasteiger partial charge in [0.15, 0.2) is 5.75 Å². The molecule has 1 atom stereocenters. The molecule has 0 aliphatic heterocycles. The van der Waals surface area contributed by atoms with Crippen molar-refractivity contribution in [3.63, 3.8) is 0 Å². The Morgan fingerprint density at radius 3 is 2.84 bits per heavy atom. The van der Waals surface area contributed by atoms with Gasteiger partial charge in [0, 0.05) is 24.9 Å². The second-order valence-electron chi connectivity index (χ2n) is 4.11. The van der Waals surface area contributed by atoms with E-state index in [1.807, 2.05) is 6.07 Å². The van der Waals surface area contributed by atoms with E-state index in [9.17, 15) is 15.2 Å². The van der Waals surface area contributed by atoms with Gasteiger partial charge >= 0.3 is 5.69 Å². The summed E-state index contributed by atoms with van der Waals surface area (Å²) in [5.41, 5.74) is 0.856. The Balaban J connectivity index is 1.93. The molecule has 19 heavy (non-hydrogen) atoms. The van der Waals surface area contributed by atoms with Gasteiger partial charge in [0.25, 0.3) is 0 Å². The van der Waals surface area contributed by atoms with E-state index in [-0.39, 0.29) is 18.0 Å². The lowest BCUT2D eigenvalue weighted by Crippen LogP contribution is -2.20. The number of benzene rings is 1. The first-order valence-corrected chi connectivity index (χ1v) is 5.83. The third kappa shape index (κ3) is 3.56. The number of nitro groups is 1. The number of ether oxygens (including phenoxy) is 1. The first-order chi connectivity index (χ1) is 9.16. The van der Waals surface area contributed by atoms with E-state index in [0.717, 1.165) is 5.56 Å². The number of nitrogens with one attached hydrogen (secondary N) is 1. The molecule has 1 aromatic carbocycles. The van der Waals surface area contributed by atoms with Gasteiger partial charge in [-0.25, -0.2) is 0 Å². The lowest BCUT2D eigenvalue weighted by atomic mass is 10.1. The van der Waals surface area contributed by atoms with Gasteiger partial charge in [-0.15, -0.1) is 0 Å². The fourth-order valence-corrected chi connectivity index (χ4v) is 1.73. The second kappa shape index (κ2) is 6.01. The van der Waals surface area contributed by atoms with E-state index in [1.165, 1.54) is 12.1 Å². The van der Waals surface area contributed by atoms with E-state index in [1.54, 1.807) is 24.5 Å². The van der Waals surface area contributed by atoms with Gasteiger partial charge in [0.2, 0.25) is 0 Å². The smallest absolute Gasteiger partial charge is 0.310 e. The molecule has 0 saturated carbocycles. The minimum atomic E-state index is -0.712. The number of H-pyrrole nitrogens is 1. The minimum Gasteiger partial charge on any atom is -0.484 e. The summed E-state index contributed by atoms with van der Waals surface area (Å²) in [6, 6.07) is 7.96. The van der Waals surface area contributed by atoms with Crippen LogP contribution in [-0.2, 0) is 6.42 Å². The molecule has 0 saturated heterocycles. The number of para-hydroxylation sites is 2. The Labute approximate surface area is 109 Å². The first kappa shape index (κ1) is 13.1. The third-order valence-corrected chi connectivity index (χ3v) is 2.63. The van der Waals surface area contributed by atoms with Crippen molar-refractivity contribution < 1.29 is 14.8 Å². The number of aromatic amines is 1. The van der Waals surface area contributed by atoms with Crippen LogP contribution < -0.4 is 4.74 Å². The molecule has 0 spiro atoms. The van der Waals surface area contributed by atoms with Crippen molar-refractivity contribution in [3.05, 3.63) is 58.4 Å². The first-order valence-electron chi connectivity index (χ1n) is 5.83. The molecule has 0 aliphatic rings. The standard InChI is InChI=1S/C13H14N2O4/c16-11(7-10-5-6-14-8-10)9-19-13-4-2-1-3-12(13)15(17)18/h1-6,8,11,14,16H,7,9H2. The van der Waals surface area contributed by atoms with Crippen LogP contribution in [0.2, 0.25) is 0 Å². The van der Waals surface area contributed by atoms with Crippen molar-refractivity contribution in [2.75, 3.05) is 6.61 Å². The topological polar surface area (TPSA) is 88.4 Å². The van der Waals surface area contributed by atoms with Crippen LogP contribution in [0.4, 0.5) is 5.69 Å². The molecular formula is C13H14N2O4. The number of nitrogens with zero attached hydrogens (tertiary/aromatic N) is 1. The molecule has 0 fully saturated rings. The molecule has 2 N–H and O–H groups in total. The molecule has 2 aromatic rings. The van der Waals surface area contributed by atoms with Crippen molar-refractivity contribution in [2.24, 2.45) is 0 Å². The molecule has 0 bridgehead atoms. The van der Waals surface area contributed by atoms with Crippen molar-refractivity contribution in [1.29, 1.82) is 0 Å². The predicted octanol–water partition coefficient (Wildman–Crippen LogP) is 1.91. The van der Waals surface area contributed by atoms with E-state index in [0.29, 0.717) is 6.42 Å². The number of nitro benzene ring substituents is 1. The van der Waals surface area contributed by atoms with Crippen molar-refractivity contribution >= 4 is 5.69 Å². The number of hydrogen-bond acceptors (Lipinski definition) is 4. The highest BCUT2D eigenvalue weighted by molar-refractivity contribution is 5.45. The van der Waals surface area contributed by atoms with E-state index in [4.69, 9.17) is 4.74 Å². The van der Waals surface area contributed by atoms with Crippen molar-refractivity contribution in [2.45, 2.75) is 12.5 Å². The van der Waals surface area contributed by atoms with Gasteiger partial charge in [0.1, 0.15) is 6.61 Å². The Morgan fingerprint density at radius 2 is 2.16 bits per heavy atom. The van der Waals surface area contributed by atoms with Crippen LogP contribution in [0.5, 0.6) is 5.75 Å². The summed E-state index contributed by atoms with van der Waals surface area (Å²) in [4.78, 5) is 13.2. The summed E-state index contributed by atoms with van der Waals surface area (Å²) in [6.07, 6.45) is 3.28. The fraction of sp³-hybridized carbons (Fsp3) is 0.231. The lowest BCUT2D eigenvalue weighted by Gasteiger charge is -2.11. The summed E-state index contributed by atoms with van der Waals surface area (Å²) in [6.45, 7) is 0.00995. The van der Waals surface area contributed by atoms with Crippen LogP contribution in [0, 0.1) is 10.1 Å². The molecular weight excluding hydrogens is 248 g/mol. The number of aromatic nitrogens is 1. The highest BCUT2D eigenvalue weighted by Crippen LogP contribution is 2.25. The zero-order valence-corrected chi connectivity index (χ0v) is 10.2. The number of aliphatic hydroxyl groups is 1. The van der Waals surface area contributed by atoms with Crippen LogP contribution in [0.15, 0.2) is 42.7 Å². The van der Waals surface area contributed by atoms with Crippen LogP contribution in [0.1, 0.15) is 5.56 Å². The summed E-state index contributed by atoms with van der Waals surface area (Å²) in [5.74, 6) is 0.167. The molecule has 6 nitrogen and oxygen atoms in total. The fourth-order valence-electron chi connectivity index (χ4n) is 1.73. The van der Waals surface area contributed by atoms with Gasteiger partial charge in [-0.2, -0.15) is 0 Å². The Kier molecular flexibility index (Phi) is 4.15. The van der Waals surface area contributed by atoms with Crippen LogP contribution in [-0.4, -0.2) is 27.7 Å². The molecule has 1 unspecified atom stereocenters. The quantitative estimate of drug-likeness (QED) is 0.614. The van der Waals surface area contributed by atoms with E-state index in [2.05, 4.69) is 4.98 Å². The summed E-state index contributed by atoms with van der Waals surface area (Å²) in [5, 5.41) is 20.6. The Bertz CT molecular complexity index is 539. The molecule has 0 amide bonds. The zero-order chi connectivity index (χ0) is 13.7. The average molecular weight is 262 g/mol. The molecule has 6 heteroatoms. The van der Waals surface area contributed by atoms with Crippen molar-refractivity contribution in [3.8, 4) is 5.75 Å². The monoisotopic (exact) mass is 262 g/mol. The lowest BCUT2D eigenvalue weighted by molar-refractivity contribution is -0.385. The molecule has 1 aromatic heterocycles. The predicted molar refractivity (Wildman–Crippen MR) is 69.1 cm³/mol. The molecule has 0 aliphatic carbocycles. The number of hydrogen-bond donors (Lipinski definition) is 2. The van der Waals surface area contributed by atoms with E-state index < -0.39 is 11.0 Å². The minimum absolute atomic E-state index is 0.00995. The molecule has 2 rings (SSSR count). The maximum atomic E-state index is 10.8. The van der Waals surface area contributed by atoms with Gasteiger partial charge in [0.05, 0.1) is 11.0 Å². The summed E-state index contributed by atoms with van der Waals surface area (Å²) in [7, 11) is 0. The Morgan fingerprint density at radius 1 is 1.37 bits per heavy atom.